The van der Waals surface area contributed by atoms with E-state index in [1.54, 1.807) is 20.8 Å². The summed E-state index contributed by atoms with van der Waals surface area (Å²) >= 11 is 1.16. The van der Waals surface area contributed by atoms with Crippen LogP contribution >= 0.6 is 11.3 Å². The Bertz CT molecular complexity index is 477. The van der Waals surface area contributed by atoms with Crippen molar-refractivity contribution in [3.05, 3.63) is 10.6 Å². The highest BCUT2D eigenvalue weighted by molar-refractivity contribution is 7.16. The fourth-order valence-electron chi connectivity index (χ4n) is 1.36. The van der Waals surface area contributed by atoms with Gasteiger partial charge in [-0.1, -0.05) is 13.3 Å². The van der Waals surface area contributed by atoms with E-state index in [9.17, 15) is 9.59 Å². The highest BCUT2D eigenvalue weighted by Gasteiger charge is 2.20. The van der Waals surface area contributed by atoms with Crippen molar-refractivity contribution in [3.8, 4) is 0 Å². The molecular weight excluding hydrogens is 268 g/mol. The second kappa shape index (κ2) is 6.01. The van der Waals surface area contributed by atoms with E-state index in [-0.39, 0.29) is 10.8 Å². The lowest BCUT2D eigenvalue weighted by Gasteiger charge is -2.18. The number of hydrogen-bond donors (Lipinski definition) is 2. The molecule has 0 saturated carbocycles. The Morgan fingerprint density at radius 3 is 2.53 bits per heavy atom. The van der Waals surface area contributed by atoms with Crippen molar-refractivity contribution in [1.29, 1.82) is 0 Å². The third-order valence-electron chi connectivity index (χ3n) is 1.98. The molecule has 0 fully saturated rings. The first-order chi connectivity index (χ1) is 8.73. The SMILES string of the molecule is CCCc1sc(NC(=O)OC(C)(C)C)nc1C(=O)O. The van der Waals surface area contributed by atoms with Gasteiger partial charge in [0.1, 0.15) is 5.60 Å². The topological polar surface area (TPSA) is 88.5 Å². The number of nitrogens with one attached hydrogen (secondary N) is 1. The number of aromatic carboxylic acids is 1. The molecule has 106 valence electrons. The van der Waals surface area contributed by atoms with Crippen molar-refractivity contribution in [1.82, 2.24) is 4.98 Å². The fraction of sp³-hybridized carbons (Fsp3) is 0.583. The van der Waals surface area contributed by atoms with Gasteiger partial charge in [-0.25, -0.2) is 14.6 Å². The summed E-state index contributed by atoms with van der Waals surface area (Å²) in [6.45, 7) is 7.20. The van der Waals surface area contributed by atoms with Crippen molar-refractivity contribution in [3.63, 3.8) is 0 Å². The van der Waals surface area contributed by atoms with Gasteiger partial charge in [0.25, 0.3) is 0 Å². The monoisotopic (exact) mass is 286 g/mol. The molecule has 0 aliphatic rings. The summed E-state index contributed by atoms with van der Waals surface area (Å²) in [6, 6.07) is 0. The molecular formula is C12H18N2O4S. The molecule has 0 aliphatic heterocycles. The Morgan fingerprint density at radius 2 is 2.05 bits per heavy atom. The number of thiazole rings is 1. The molecule has 0 aromatic carbocycles. The minimum Gasteiger partial charge on any atom is -0.476 e. The molecule has 1 heterocycles. The van der Waals surface area contributed by atoms with Gasteiger partial charge in [0, 0.05) is 4.88 Å². The zero-order valence-corrected chi connectivity index (χ0v) is 12.3. The number of amides is 1. The molecule has 0 unspecified atom stereocenters. The van der Waals surface area contributed by atoms with Crippen LogP contribution in [0.3, 0.4) is 0 Å². The van der Waals surface area contributed by atoms with Crippen molar-refractivity contribution in [2.75, 3.05) is 5.32 Å². The molecule has 1 aromatic rings. The number of nitrogens with zero attached hydrogens (tertiary/aromatic N) is 1. The van der Waals surface area contributed by atoms with Crippen LogP contribution in [0.1, 0.15) is 49.5 Å². The molecule has 1 amide bonds. The summed E-state index contributed by atoms with van der Waals surface area (Å²) < 4.78 is 5.08. The first-order valence-electron chi connectivity index (χ1n) is 5.96. The Hall–Kier alpha value is -1.63. The third-order valence-corrected chi connectivity index (χ3v) is 3.02. The quantitative estimate of drug-likeness (QED) is 0.887. The van der Waals surface area contributed by atoms with E-state index in [4.69, 9.17) is 9.84 Å². The highest BCUT2D eigenvalue weighted by Crippen LogP contribution is 2.25. The molecule has 0 aliphatic carbocycles. The highest BCUT2D eigenvalue weighted by atomic mass is 32.1. The number of aryl methyl sites for hydroxylation is 1. The minimum absolute atomic E-state index is 0.00194. The van der Waals surface area contributed by atoms with E-state index < -0.39 is 17.7 Å². The first kappa shape index (κ1) is 15.4. The summed E-state index contributed by atoms with van der Waals surface area (Å²) in [4.78, 5) is 27.1. The lowest BCUT2D eigenvalue weighted by Crippen LogP contribution is -2.27. The van der Waals surface area contributed by atoms with Crippen LogP contribution < -0.4 is 5.32 Å². The summed E-state index contributed by atoms with van der Waals surface area (Å²) in [5, 5.41) is 11.7. The van der Waals surface area contributed by atoms with Gasteiger partial charge in [-0.15, -0.1) is 11.3 Å². The van der Waals surface area contributed by atoms with Crippen LogP contribution in [-0.4, -0.2) is 27.8 Å². The predicted molar refractivity (Wildman–Crippen MR) is 72.9 cm³/mol. The number of ether oxygens (including phenoxy) is 1. The molecule has 0 bridgehead atoms. The molecule has 1 rings (SSSR count). The van der Waals surface area contributed by atoms with Crippen LogP contribution in [0.15, 0.2) is 0 Å². The molecule has 0 radical (unpaired) electrons. The lowest BCUT2D eigenvalue weighted by molar-refractivity contribution is 0.0632. The van der Waals surface area contributed by atoms with Gasteiger partial charge in [0.05, 0.1) is 0 Å². The molecule has 19 heavy (non-hydrogen) atoms. The molecule has 0 atom stereocenters. The maximum absolute atomic E-state index is 11.6. The van der Waals surface area contributed by atoms with E-state index in [1.807, 2.05) is 6.92 Å². The number of carboxylic acids is 1. The minimum atomic E-state index is -1.09. The van der Waals surface area contributed by atoms with Gasteiger partial charge in [-0.3, -0.25) is 5.32 Å². The number of anilines is 1. The van der Waals surface area contributed by atoms with Gasteiger partial charge in [0.15, 0.2) is 10.8 Å². The van der Waals surface area contributed by atoms with Gasteiger partial charge in [-0.05, 0) is 27.2 Å². The molecule has 7 heteroatoms. The van der Waals surface area contributed by atoms with Crippen LogP contribution in [0.5, 0.6) is 0 Å². The molecule has 1 aromatic heterocycles. The normalized spacial score (nSPS) is 11.2. The van der Waals surface area contributed by atoms with Gasteiger partial charge in [-0.2, -0.15) is 0 Å². The van der Waals surface area contributed by atoms with Crippen molar-refractivity contribution >= 4 is 28.5 Å². The molecule has 0 spiro atoms. The number of carbonyl (C=O) groups excluding carboxylic acids is 1. The number of hydrogen-bond acceptors (Lipinski definition) is 5. The van der Waals surface area contributed by atoms with E-state index in [2.05, 4.69) is 10.3 Å². The van der Waals surface area contributed by atoms with Crippen LogP contribution in [0.2, 0.25) is 0 Å². The molecule has 0 saturated heterocycles. The van der Waals surface area contributed by atoms with Crippen LogP contribution in [-0.2, 0) is 11.2 Å². The standard InChI is InChI=1S/C12H18N2O4S/c1-5-6-7-8(9(15)16)13-10(19-7)14-11(17)18-12(2,3)4/h5-6H2,1-4H3,(H,15,16)(H,13,14,17). The summed E-state index contributed by atoms with van der Waals surface area (Å²) in [5.74, 6) is -1.09. The number of rotatable bonds is 4. The van der Waals surface area contributed by atoms with E-state index in [0.717, 1.165) is 17.8 Å². The van der Waals surface area contributed by atoms with Crippen LogP contribution in [0.25, 0.3) is 0 Å². The second-order valence-corrected chi connectivity index (χ2v) is 6.06. The van der Waals surface area contributed by atoms with Crippen molar-refractivity contribution in [2.24, 2.45) is 0 Å². The molecule has 6 nitrogen and oxygen atoms in total. The summed E-state index contributed by atoms with van der Waals surface area (Å²) in [5.41, 5.74) is -0.610. The van der Waals surface area contributed by atoms with Crippen molar-refractivity contribution in [2.45, 2.75) is 46.1 Å². The maximum Gasteiger partial charge on any atom is 0.413 e. The van der Waals surface area contributed by atoms with E-state index in [1.165, 1.54) is 0 Å². The fourth-order valence-corrected chi connectivity index (χ4v) is 2.40. The predicted octanol–water partition coefficient (Wildman–Crippen LogP) is 3.14. The number of aromatic nitrogens is 1. The molecule has 2 N–H and O–H groups in total. The first-order valence-corrected chi connectivity index (χ1v) is 6.77. The Labute approximate surface area is 115 Å². The second-order valence-electron chi connectivity index (χ2n) is 4.97. The van der Waals surface area contributed by atoms with Gasteiger partial charge in [0.2, 0.25) is 0 Å². The number of carboxylic acid groups (broad SMARTS) is 1. The average molecular weight is 286 g/mol. The lowest BCUT2D eigenvalue weighted by atomic mass is 10.2. The van der Waals surface area contributed by atoms with Gasteiger partial charge < -0.3 is 9.84 Å². The van der Waals surface area contributed by atoms with Gasteiger partial charge >= 0.3 is 12.1 Å². The van der Waals surface area contributed by atoms with Crippen LogP contribution in [0, 0.1) is 0 Å². The van der Waals surface area contributed by atoms with E-state index in [0.29, 0.717) is 11.3 Å². The zero-order chi connectivity index (χ0) is 14.6. The Balaban J connectivity index is 2.82. The summed E-state index contributed by atoms with van der Waals surface area (Å²) in [6.07, 6.45) is 0.796. The zero-order valence-electron chi connectivity index (χ0n) is 11.4. The maximum atomic E-state index is 11.6. The average Bonchev–Trinajstić information content (AvgIpc) is 2.58. The Kier molecular flexibility index (Phi) is 4.88. The number of carbonyl (C=O) groups is 2. The smallest absolute Gasteiger partial charge is 0.413 e. The summed E-state index contributed by atoms with van der Waals surface area (Å²) in [7, 11) is 0. The Morgan fingerprint density at radius 1 is 1.42 bits per heavy atom. The van der Waals surface area contributed by atoms with E-state index >= 15 is 0 Å². The van der Waals surface area contributed by atoms with Crippen molar-refractivity contribution < 1.29 is 19.4 Å². The third kappa shape index (κ3) is 4.86. The van der Waals surface area contributed by atoms with Crippen LogP contribution in [0.4, 0.5) is 9.93 Å². The largest absolute Gasteiger partial charge is 0.476 e.